The Morgan fingerprint density at radius 1 is 1.19 bits per heavy atom. The van der Waals surface area contributed by atoms with E-state index in [1.165, 1.54) is 7.11 Å². The summed E-state index contributed by atoms with van der Waals surface area (Å²) in [5, 5.41) is 10.5. The summed E-state index contributed by atoms with van der Waals surface area (Å²) in [7, 11) is 12.1. The van der Waals surface area contributed by atoms with Gasteiger partial charge in [-0.25, -0.2) is 0 Å². The van der Waals surface area contributed by atoms with Gasteiger partial charge >= 0.3 is 6.64 Å². The molecule has 0 aromatic heterocycles. The van der Waals surface area contributed by atoms with Crippen molar-refractivity contribution in [1.82, 2.24) is 0 Å². The molecule has 2 radical (unpaired) electrons. The first-order chi connectivity index (χ1) is 12.4. The second-order valence-corrected chi connectivity index (χ2v) is 7.74. The molecule has 0 spiro atoms. The molecule has 4 unspecified atom stereocenters. The van der Waals surface area contributed by atoms with E-state index in [0.717, 1.165) is 5.56 Å². The van der Waals surface area contributed by atoms with E-state index in [4.69, 9.17) is 31.3 Å². The number of hydrogen-bond acceptors (Lipinski definition) is 6. The number of rotatable bonds is 9. The second kappa shape index (κ2) is 11.1. The van der Waals surface area contributed by atoms with Gasteiger partial charge in [-0.1, -0.05) is 37.2 Å². The molecule has 1 aromatic carbocycles. The van der Waals surface area contributed by atoms with E-state index in [2.05, 4.69) is 18.2 Å². The van der Waals surface area contributed by atoms with Crippen molar-refractivity contribution >= 4 is 39.1 Å². The topological polar surface area (TPSA) is 66.4 Å². The third-order valence-electron chi connectivity index (χ3n) is 3.93. The van der Waals surface area contributed by atoms with Crippen LogP contribution in [0.25, 0.3) is 0 Å². The maximum absolute atomic E-state index is 10.5. The van der Waals surface area contributed by atoms with Crippen LogP contribution in [0.15, 0.2) is 30.3 Å². The average molecular weight is 396 g/mol. The number of benzene rings is 1. The molecule has 1 heterocycles. The van der Waals surface area contributed by atoms with Crippen LogP contribution >= 0.6 is 18.2 Å². The zero-order valence-corrected chi connectivity index (χ0v) is 17.4. The lowest BCUT2D eigenvalue weighted by molar-refractivity contribution is -0.288. The molecule has 6 nitrogen and oxygen atoms in total. The lowest BCUT2D eigenvalue weighted by atomic mass is 9.69. The molecule has 0 amide bonds. The maximum atomic E-state index is 10.5. The fourth-order valence-corrected chi connectivity index (χ4v) is 3.20. The van der Waals surface area contributed by atoms with Gasteiger partial charge in [0.25, 0.3) is 6.53 Å². The molecule has 1 N–H and O–H groups in total. The summed E-state index contributed by atoms with van der Waals surface area (Å²) in [5.74, 6) is 0. The minimum atomic E-state index is -1.04. The highest BCUT2D eigenvalue weighted by Gasteiger charge is 2.47. The van der Waals surface area contributed by atoms with Gasteiger partial charge in [0.15, 0.2) is 6.29 Å². The van der Waals surface area contributed by atoms with Gasteiger partial charge in [-0.15, -0.1) is 18.2 Å². The number of aliphatic hydroxyl groups excluding tert-OH is 1. The summed E-state index contributed by atoms with van der Waals surface area (Å²) < 4.78 is 28.5. The van der Waals surface area contributed by atoms with E-state index >= 15 is 0 Å². The fraction of sp³-hybridized carbons (Fsp3) is 0.600. The van der Waals surface area contributed by atoms with Gasteiger partial charge in [-0.3, -0.25) is 0 Å². The summed E-state index contributed by atoms with van der Waals surface area (Å²) in [4.78, 5) is 0. The third kappa shape index (κ3) is 6.58. The van der Waals surface area contributed by atoms with Crippen molar-refractivity contribution in [3.05, 3.63) is 35.9 Å². The van der Waals surface area contributed by atoms with Crippen LogP contribution in [0, 0.1) is 0 Å². The third-order valence-corrected chi connectivity index (χ3v) is 4.24. The number of hydrogen-bond donors (Lipinski definition) is 1. The Balaban J connectivity index is 2.08. The maximum Gasteiger partial charge on any atom is 0.312 e. The molecule has 0 aliphatic carbocycles. The Kier molecular flexibility index (Phi) is 9.56. The van der Waals surface area contributed by atoms with Crippen molar-refractivity contribution in [1.29, 1.82) is 0 Å². The van der Waals surface area contributed by atoms with Crippen molar-refractivity contribution in [3.63, 3.8) is 0 Å². The summed E-state index contributed by atoms with van der Waals surface area (Å²) in [6, 6.07) is 9.84. The Morgan fingerprint density at radius 2 is 1.88 bits per heavy atom. The molecule has 1 aromatic rings. The highest BCUT2D eigenvalue weighted by atomic mass is 31.0. The van der Waals surface area contributed by atoms with Gasteiger partial charge < -0.3 is 28.6 Å². The Bertz CT molecular complexity index is 527. The van der Waals surface area contributed by atoms with E-state index in [0.29, 0.717) is 6.61 Å². The summed E-state index contributed by atoms with van der Waals surface area (Å²) in [5.41, 5.74) is 1.06. The van der Waals surface area contributed by atoms with E-state index in [1.807, 2.05) is 37.2 Å². The molecule has 1 fully saturated rings. The van der Waals surface area contributed by atoms with Gasteiger partial charge in [0.2, 0.25) is 0 Å². The molecule has 11 heteroatoms. The van der Waals surface area contributed by atoms with Crippen molar-refractivity contribution in [3.8, 4) is 0 Å². The monoisotopic (exact) mass is 396 g/mol. The zero-order chi connectivity index (χ0) is 19.1. The van der Waals surface area contributed by atoms with Crippen molar-refractivity contribution in [2.24, 2.45) is 0 Å². The van der Waals surface area contributed by atoms with Crippen LogP contribution in [0.2, 0.25) is 6.82 Å². The van der Waals surface area contributed by atoms with Crippen molar-refractivity contribution in [2.45, 2.75) is 44.1 Å². The van der Waals surface area contributed by atoms with E-state index in [9.17, 15) is 5.11 Å². The molecule has 7 atom stereocenters. The van der Waals surface area contributed by atoms with Gasteiger partial charge in [0.05, 0.1) is 33.2 Å². The minimum absolute atomic E-state index is 0.168. The first kappa shape index (κ1) is 22.3. The van der Waals surface area contributed by atoms with Gasteiger partial charge in [0.1, 0.15) is 12.2 Å². The van der Waals surface area contributed by atoms with Crippen LogP contribution in [-0.2, 0) is 30.1 Å². The van der Waals surface area contributed by atoms with Gasteiger partial charge in [-0.2, -0.15) is 0 Å². The molecule has 0 saturated carbocycles. The smallest absolute Gasteiger partial charge is 0.312 e. The van der Waals surface area contributed by atoms with E-state index in [1.54, 1.807) is 0 Å². The molecule has 1 saturated heterocycles. The lowest BCUT2D eigenvalue weighted by Crippen LogP contribution is -2.62. The highest BCUT2D eigenvalue weighted by Crippen LogP contribution is 2.28. The van der Waals surface area contributed by atoms with Gasteiger partial charge in [-0.05, 0) is 5.56 Å². The van der Waals surface area contributed by atoms with E-state index < -0.39 is 37.2 Å². The zero-order valence-electron chi connectivity index (χ0n) is 15.1. The summed E-state index contributed by atoms with van der Waals surface area (Å²) in [6.07, 6.45) is -3.65. The highest BCUT2D eigenvalue weighted by molar-refractivity contribution is 7.70. The normalized spacial score (nSPS) is 28.7. The predicted molar refractivity (Wildman–Crippen MR) is 110 cm³/mol. The quantitative estimate of drug-likeness (QED) is 0.491. The largest absolute Gasteiger partial charge is 0.433 e. The van der Waals surface area contributed by atoms with Crippen molar-refractivity contribution < 1.29 is 28.6 Å². The van der Waals surface area contributed by atoms with Crippen molar-refractivity contribution in [2.75, 3.05) is 13.7 Å². The molecule has 26 heavy (non-hydrogen) atoms. The molecular weight excluding hydrogens is 371 g/mol. The first-order valence-corrected chi connectivity index (χ1v) is 9.81. The minimum Gasteiger partial charge on any atom is -0.433 e. The van der Waals surface area contributed by atoms with Crippen LogP contribution in [-0.4, -0.2) is 70.4 Å². The molecule has 2 rings (SSSR count). The first-order valence-electron chi connectivity index (χ1n) is 8.48. The molecule has 0 bridgehead atoms. The van der Waals surface area contributed by atoms with Crippen LogP contribution < -0.4 is 0 Å². The molecule has 140 valence electrons. The Morgan fingerprint density at radius 3 is 2.46 bits per heavy atom. The number of methoxy groups -OCH3 is 1. The molecule has 1 aliphatic rings. The summed E-state index contributed by atoms with van der Waals surface area (Å²) >= 11 is 0. The fourth-order valence-electron chi connectivity index (χ4n) is 2.84. The Hall–Kier alpha value is 0.0348. The molecular formula is C15H25B3O6P2. The number of ether oxygens (including phenoxy) is 3. The van der Waals surface area contributed by atoms with Crippen LogP contribution in [0.3, 0.4) is 0 Å². The number of aliphatic hydroxyl groups is 1. The van der Waals surface area contributed by atoms with E-state index in [-0.39, 0.29) is 13.2 Å². The second-order valence-electron chi connectivity index (χ2n) is 6.14. The lowest BCUT2D eigenvalue weighted by Gasteiger charge is -2.45. The predicted octanol–water partition coefficient (Wildman–Crippen LogP) is 0.727. The Labute approximate surface area is 161 Å². The SMILES string of the molecule is [B]B(P)O[C@@H]1C(O)[C@H](OC)OC(COCc2ccccc2)[C@H]1OB(C)P. The standard InChI is InChI=1S/C15H25B3O6P2/c1-17(25)23-13-11(9-21-8-10-6-4-3-5-7-10)22-15(20-2)12(19)14(13)24-18(16)26/h3-7,11-15,19H,8-9,25-26H2,1-2H3/t11?,12?,13-,14-,15-/m1/s1. The summed E-state index contributed by atoms with van der Waals surface area (Å²) in [6.45, 7) is 1.76. The van der Waals surface area contributed by atoms with Crippen LogP contribution in [0.4, 0.5) is 0 Å². The van der Waals surface area contributed by atoms with Crippen LogP contribution in [0.5, 0.6) is 0 Å². The molecule has 1 aliphatic heterocycles. The van der Waals surface area contributed by atoms with Gasteiger partial charge in [0, 0.05) is 7.11 Å². The average Bonchev–Trinajstić information content (AvgIpc) is 2.60. The van der Waals surface area contributed by atoms with Crippen LogP contribution in [0.1, 0.15) is 5.56 Å².